The number of thioether (sulfide) groups is 1. The van der Waals surface area contributed by atoms with E-state index < -0.39 is 5.97 Å². The van der Waals surface area contributed by atoms with Crippen LogP contribution < -0.4 is 5.32 Å². The molecule has 0 bridgehead atoms. The Bertz CT molecular complexity index is 426. The van der Waals surface area contributed by atoms with E-state index in [0.717, 1.165) is 0 Å². The molecule has 0 aliphatic rings. The SMILES string of the molecule is CSc1ncc(C(=O)O)c(NC(CO)C(C)C)n1. The average Bonchev–Trinajstić information content (AvgIpc) is 2.34. The fourth-order valence-corrected chi connectivity index (χ4v) is 1.67. The number of aromatic nitrogens is 2. The summed E-state index contributed by atoms with van der Waals surface area (Å²) < 4.78 is 0. The number of carboxylic acids is 1. The Balaban J connectivity index is 3.07. The first-order valence-electron chi connectivity index (χ1n) is 5.51. The zero-order chi connectivity index (χ0) is 13.7. The second-order valence-corrected chi connectivity index (χ2v) is 4.87. The van der Waals surface area contributed by atoms with Crippen molar-refractivity contribution in [3.05, 3.63) is 11.8 Å². The van der Waals surface area contributed by atoms with E-state index in [0.29, 0.717) is 5.16 Å². The van der Waals surface area contributed by atoms with E-state index in [1.54, 1.807) is 0 Å². The molecule has 7 heteroatoms. The summed E-state index contributed by atoms with van der Waals surface area (Å²) in [5.74, 6) is -0.690. The zero-order valence-electron chi connectivity index (χ0n) is 10.5. The summed E-state index contributed by atoms with van der Waals surface area (Å²) in [6.07, 6.45) is 3.09. The number of aliphatic hydroxyl groups excluding tert-OH is 1. The number of rotatable bonds is 6. The molecule has 0 aliphatic carbocycles. The second-order valence-electron chi connectivity index (χ2n) is 4.10. The van der Waals surface area contributed by atoms with Gasteiger partial charge in [0, 0.05) is 6.20 Å². The molecule has 0 saturated heterocycles. The van der Waals surface area contributed by atoms with E-state index in [4.69, 9.17) is 5.11 Å². The van der Waals surface area contributed by atoms with Crippen LogP contribution in [0.1, 0.15) is 24.2 Å². The van der Waals surface area contributed by atoms with Crippen LogP contribution in [-0.4, -0.2) is 45.1 Å². The van der Waals surface area contributed by atoms with Gasteiger partial charge in [-0.15, -0.1) is 0 Å². The van der Waals surface area contributed by atoms with Crippen LogP contribution in [0.4, 0.5) is 5.82 Å². The minimum atomic E-state index is -1.09. The first kappa shape index (κ1) is 14.7. The van der Waals surface area contributed by atoms with Gasteiger partial charge in [-0.3, -0.25) is 0 Å². The number of aliphatic hydroxyl groups is 1. The molecule has 6 nitrogen and oxygen atoms in total. The molecule has 1 aromatic rings. The third-order valence-electron chi connectivity index (χ3n) is 2.50. The van der Waals surface area contributed by atoms with E-state index in [2.05, 4.69) is 15.3 Å². The standard InChI is InChI=1S/C11H17N3O3S/c1-6(2)8(5-15)13-9-7(10(16)17)4-12-11(14-9)18-3/h4,6,8,15H,5H2,1-3H3,(H,16,17)(H,12,13,14). The van der Waals surface area contributed by atoms with Gasteiger partial charge in [0.1, 0.15) is 11.4 Å². The van der Waals surface area contributed by atoms with Gasteiger partial charge in [0.15, 0.2) is 5.16 Å². The maximum absolute atomic E-state index is 11.1. The molecular formula is C11H17N3O3S. The molecule has 0 fully saturated rings. The highest BCUT2D eigenvalue weighted by molar-refractivity contribution is 7.98. The number of hydrogen-bond acceptors (Lipinski definition) is 6. The van der Waals surface area contributed by atoms with Gasteiger partial charge >= 0.3 is 5.97 Å². The molecule has 1 rings (SSSR count). The molecule has 0 saturated carbocycles. The fraction of sp³-hybridized carbons (Fsp3) is 0.545. The molecule has 1 unspecified atom stereocenters. The number of aromatic carboxylic acids is 1. The van der Waals surface area contributed by atoms with Crippen molar-refractivity contribution >= 4 is 23.5 Å². The molecule has 1 atom stereocenters. The van der Waals surface area contributed by atoms with Crippen molar-refractivity contribution in [1.29, 1.82) is 0 Å². The number of carboxylic acid groups (broad SMARTS) is 1. The number of carbonyl (C=O) groups is 1. The van der Waals surface area contributed by atoms with E-state index in [1.165, 1.54) is 18.0 Å². The zero-order valence-corrected chi connectivity index (χ0v) is 11.4. The Labute approximate surface area is 110 Å². The molecule has 3 N–H and O–H groups in total. The first-order chi connectivity index (χ1) is 8.49. The van der Waals surface area contributed by atoms with Gasteiger partial charge in [-0.1, -0.05) is 25.6 Å². The van der Waals surface area contributed by atoms with Crippen LogP contribution in [0.3, 0.4) is 0 Å². The van der Waals surface area contributed by atoms with Crippen molar-refractivity contribution in [2.75, 3.05) is 18.2 Å². The van der Waals surface area contributed by atoms with E-state index in [-0.39, 0.29) is 29.9 Å². The van der Waals surface area contributed by atoms with Crippen LogP contribution in [0.25, 0.3) is 0 Å². The third kappa shape index (κ3) is 3.58. The Hall–Kier alpha value is -1.34. The molecule has 1 heterocycles. The average molecular weight is 271 g/mol. The summed E-state index contributed by atoms with van der Waals surface area (Å²) in [6.45, 7) is 3.78. The van der Waals surface area contributed by atoms with Crippen molar-refractivity contribution in [2.45, 2.75) is 25.0 Å². The normalized spacial score (nSPS) is 12.5. The lowest BCUT2D eigenvalue weighted by Crippen LogP contribution is -2.31. The summed E-state index contributed by atoms with van der Waals surface area (Å²) in [7, 11) is 0. The third-order valence-corrected chi connectivity index (χ3v) is 3.07. The van der Waals surface area contributed by atoms with Crippen molar-refractivity contribution < 1.29 is 15.0 Å². The van der Waals surface area contributed by atoms with E-state index in [9.17, 15) is 9.90 Å². The molecular weight excluding hydrogens is 254 g/mol. The number of nitrogens with one attached hydrogen (secondary N) is 1. The maximum atomic E-state index is 11.1. The fourth-order valence-electron chi connectivity index (χ4n) is 1.33. The Morgan fingerprint density at radius 1 is 1.56 bits per heavy atom. The minimum Gasteiger partial charge on any atom is -0.477 e. The monoisotopic (exact) mass is 271 g/mol. The van der Waals surface area contributed by atoms with Gasteiger partial charge in [0.25, 0.3) is 0 Å². The van der Waals surface area contributed by atoms with E-state index in [1.807, 2.05) is 20.1 Å². The van der Waals surface area contributed by atoms with Gasteiger partial charge < -0.3 is 15.5 Å². The van der Waals surface area contributed by atoms with Crippen molar-refractivity contribution in [2.24, 2.45) is 5.92 Å². The lowest BCUT2D eigenvalue weighted by atomic mass is 10.1. The van der Waals surface area contributed by atoms with Gasteiger partial charge in [-0.25, -0.2) is 14.8 Å². The lowest BCUT2D eigenvalue weighted by Gasteiger charge is -2.21. The summed E-state index contributed by atoms with van der Waals surface area (Å²) in [5, 5.41) is 21.8. The van der Waals surface area contributed by atoms with Gasteiger partial charge in [-0.2, -0.15) is 0 Å². The summed E-state index contributed by atoms with van der Waals surface area (Å²) in [5.41, 5.74) is 0.00639. The van der Waals surface area contributed by atoms with Gasteiger partial charge in [0.2, 0.25) is 0 Å². The predicted octanol–water partition coefficient (Wildman–Crippen LogP) is 1.33. The number of hydrogen-bond donors (Lipinski definition) is 3. The number of anilines is 1. The van der Waals surface area contributed by atoms with Crippen molar-refractivity contribution in [3.8, 4) is 0 Å². The molecule has 0 aliphatic heterocycles. The quantitative estimate of drug-likeness (QED) is 0.530. The molecule has 18 heavy (non-hydrogen) atoms. The van der Waals surface area contributed by atoms with Crippen LogP contribution >= 0.6 is 11.8 Å². The Morgan fingerprint density at radius 2 is 2.22 bits per heavy atom. The van der Waals surface area contributed by atoms with Crippen LogP contribution in [0.5, 0.6) is 0 Å². The van der Waals surface area contributed by atoms with Crippen LogP contribution in [0, 0.1) is 5.92 Å². The largest absolute Gasteiger partial charge is 0.477 e. The Kier molecular flexibility index (Phi) is 5.36. The lowest BCUT2D eigenvalue weighted by molar-refractivity contribution is 0.0696. The smallest absolute Gasteiger partial charge is 0.341 e. The van der Waals surface area contributed by atoms with Crippen molar-refractivity contribution in [1.82, 2.24) is 9.97 Å². The van der Waals surface area contributed by atoms with Crippen LogP contribution in [0.2, 0.25) is 0 Å². The minimum absolute atomic E-state index is 0.00639. The topological polar surface area (TPSA) is 95.3 Å². The highest BCUT2D eigenvalue weighted by Crippen LogP contribution is 2.19. The summed E-state index contributed by atoms with van der Waals surface area (Å²) >= 11 is 1.33. The summed E-state index contributed by atoms with van der Waals surface area (Å²) in [4.78, 5) is 19.1. The molecule has 100 valence electrons. The molecule has 0 radical (unpaired) electrons. The molecule has 0 aromatic carbocycles. The van der Waals surface area contributed by atoms with Crippen molar-refractivity contribution in [3.63, 3.8) is 0 Å². The van der Waals surface area contributed by atoms with Gasteiger partial charge in [0.05, 0.1) is 12.6 Å². The van der Waals surface area contributed by atoms with Crippen LogP contribution in [0.15, 0.2) is 11.4 Å². The highest BCUT2D eigenvalue weighted by atomic mass is 32.2. The maximum Gasteiger partial charge on any atom is 0.341 e. The van der Waals surface area contributed by atoms with Crippen LogP contribution in [-0.2, 0) is 0 Å². The highest BCUT2D eigenvalue weighted by Gasteiger charge is 2.18. The predicted molar refractivity (Wildman–Crippen MR) is 70.1 cm³/mol. The summed E-state index contributed by atoms with van der Waals surface area (Å²) in [6, 6.07) is -0.243. The second kappa shape index (κ2) is 6.55. The number of nitrogens with zero attached hydrogens (tertiary/aromatic N) is 2. The molecule has 1 aromatic heterocycles. The first-order valence-corrected chi connectivity index (χ1v) is 6.73. The Morgan fingerprint density at radius 3 is 2.67 bits per heavy atom. The van der Waals surface area contributed by atoms with E-state index >= 15 is 0 Å². The molecule has 0 amide bonds. The molecule has 0 spiro atoms. The van der Waals surface area contributed by atoms with Gasteiger partial charge in [-0.05, 0) is 12.2 Å².